The Morgan fingerprint density at radius 2 is 2.17 bits per heavy atom. The van der Waals surface area contributed by atoms with Crippen molar-refractivity contribution in [1.82, 2.24) is 20.1 Å². The summed E-state index contributed by atoms with van der Waals surface area (Å²) in [5, 5.41) is 12.3. The van der Waals surface area contributed by atoms with Gasteiger partial charge in [-0.3, -0.25) is 4.79 Å². The summed E-state index contributed by atoms with van der Waals surface area (Å²) in [4.78, 5) is 12.0. The van der Waals surface area contributed by atoms with E-state index in [9.17, 15) is 4.79 Å². The van der Waals surface area contributed by atoms with Crippen LogP contribution in [-0.4, -0.2) is 26.4 Å². The molecule has 0 aliphatic heterocycles. The number of thioether (sulfide) groups is 1. The van der Waals surface area contributed by atoms with E-state index in [1.807, 2.05) is 28.8 Å². The van der Waals surface area contributed by atoms with E-state index in [2.05, 4.69) is 22.4 Å². The lowest BCUT2D eigenvalue weighted by atomic mass is 10.2. The van der Waals surface area contributed by atoms with Gasteiger partial charge < -0.3 is 9.88 Å². The number of rotatable bonds is 9. The van der Waals surface area contributed by atoms with Crippen LogP contribution in [0.2, 0.25) is 5.02 Å². The van der Waals surface area contributed by atoms with Gasteiger partial charge in [0.1, 0.15) is 6.33 Å². The fourth-order valence-corrected chi connectivity index (χ4v) is 3.03. The van der Waals surface area contributed by atoms with Gasteiger partial charge in [0.05, 0.1) is 5.75 Å². The summed E-state index contributed by atoms with van der Waals surface area (Å²) in [5.41, 5.74) is 0.912. The first kappa shape index (κ1) is 17.8. The summed E-state index contributed by atoms with van der Waals surface area (Å²) < 4.78 is 2.00. The molecule has 124 valence electrons. The zero-order valence-corrected chi connectivity index (χ0v) is 14.7. The van der Waals surface area contributed by atoms with Gasteiger partial charge in [-0.05, 0) is 18.1 Å². The third-order valence-corrected chi connectivity index (χ3v) is 4.70. The summed E-state index contributed by atoms with van der Waals surface area (Å²) >= 11 is 7.47. The molecular weight excluding hydrogens is 332 g/mol. The van der Waals surface area contributed by atoms with Crippen molar-refractivity contribution in [1.29, 1.82) is 0 Å². The molecule has 0 radical (unpaired) electrons. The van der Waals surface area contributed by atoms with Crippen molar-refractivity contribution in [2.45, 2.75) is 44.4 Å². The van der Waals surface area contributed by atoms with Crippen LogP contribution in [0.4, 0.5) is 0 Å². The highest BCUT2D eigenvalue weighted by Crippen LogP contribution is 2.16. The van der Waals surface area contributed by atoms with Gasteiger partial charge in [0.25, 0.3) is 0 Å². The lowest BCUT2D eigenvalue weighted by Gasteiger charge is -2.07. The molecule has 2 rings (SSSR count). The monoisotopic (exact) mass is 352 g/mol. The maximum absolute atomic E-state index is 12.0. The first-order valence-electron chi connectivity index (χ1n) is 7.71. The van der Waals surface area contributed by atoms with E-state index in [-0.39, 0.29) is 5.91 Å². The average molecular weight is 353 g/mol. The van der Waals surface area contributed by atoms with Crippen LogP contribution < -0.4 is 5.32 Å². The highest BCUT2D eigenvalue weighted by atomic mass is 35.5. The summed E-state index contributed by atoms with van der Waals surface area (Å²) in [6.07, 6.45) is 5.18. The molecule has 1 aromatic carbocycles. The maximum atomic E-state index is 12.0. The van der Waals surface area contributed by atoms with E-state index in [0.29, 0.717) is 17.3 Å². The second-order valence-electron chi connectivity index (χ2n) is 5.17. The van der Waals surface area contributed by atoms with Gasteiger partial charge in [-0.15, -0.1) is 10.2 Å². The van der Waals surface area contributed by atoms with E-state index in [1.165, 1.54) is 24.6 Å². The number of halogens is 1. The summed E-state index contributed by atoms with van der Waals surface area (Å²) in [6.45, 7) is 3.50. The van der Waals surface area contributed by atoms with Crippen LogP contribution in [0.3, 0.4) is 0 Å². The van der Waals surface area contributed by atoms with Crippen molar-refractivity contribution >= 4 is 29.3 Å². The number of hydrogen-bond donors (Lipinski definition) is 1. The van der Waals surface area contributed by atoms with Crippen LogP contribution in [0, 0.1) is 0 Å². The second kappa shape index (κ2) is 9.57. The Balaban J connectivity index is 1.76. The minimum Gasteiger partial charge on any atom is -0.351 e. The van der Waals surface area contributed by atoms with Crippen molar-refractivity contribution in [2.24, 2.45) is 0 Å². The van der Waals surface area contributed by atoms with Gasteiger partial charge >= 0.3 is 0 Å². The molecule has 0 saturated carbocycles. The predicted molar refractivity (Wildman–Crippen MR) is 93.6 cm³/mol. The van der Waals surface area contributed by atoms with Gasteiger partial charge in [-0.25, -0.2) is 0 Å². The molecule has 1 amide bonds. The average Bonchev–Trinajstić information content (AvgIpc) is 3.00. The summed E-state index contributed by atoms with van der Waals surface area (Å²) in [6, 6.07) is 7.49. The van der Waals surface area contributed by atoms with Gasteiger partial charge in [0.15, 0.2) is 5.16 Å². The molecule has 1 N–H and O–H groups in total. The third kappa shape index (κ3) is 5.88. The molecule has 1 heterocycles. The SMILES string of the molecule is CCCCCn1cnnc1SCC(=O)NCc1ccccc1Cl. The molecule has 0 aliphatic rings. The van der Waals surface area contributed by atoms with Gasteiger partial charge in [0.2, 0.25) is 5.91 Å². The molecule has 0 aliphatic carbocycles. The van der Waals surface area contributed by atoms with Gasteiger partial charge in [-0.2, -0.15) is 0 Å². The Kier molecular flexibility index (Phi) is 7.42. The molecule has 5 nitrogen and oxygen atoms in total. The number of aryl methyl sites for hydroxylation is 1. The van der Waals surface area contributed by atoms with Gasteiger partial charge in [0, 0.05) is 18.1 Å². The lowest BCUT2D eigenvalue weighted by Crippen LogP contribution is -2.24. The molecular formula is C16H21ClN4OS. The topological polar surface area (TPSA) is 59.8 Å². The van der Waals surface area contributed by atoms with Crippen LogP contribution in [0.15, 0.2) is 35.7 Å². The molecule has 0 spiro atoms. The lowest BCUT2D eigenvalue weighted by molar-refractivity contribution is -0.118. The van der Waals surface area contributed by atoms with Crippen molar-refractivity contribution in [3.63, 3.8) is 0 Å². The molecule has 2 aromatic rings. The fraction of sp³-hybridized carbons (Fsp3) is 0.438. The van der Waals surface area contributed by atoms with Crippen molar-refractivity contribution in [3.05, 3.63) is 41.2 Å². The third-order valence-electron chi connectivity index (χ3n) is 3.35. The molecule has 1 aromatic heterocycles. The summed E-state index contributed by atoms with van der Waals surface area (Å²) in [7, 11) is 0. The molecule has 0 unspecified atom stereocenters. The first-order valence-corrected chi connectivity index (χ1v) is 9.07. The molecule has 0 saturated heterocycles. The van der Waals surface area contributed by atoms with Crippen molar-refractivity contribution in [2.75, 3.05) is 5.75 Å². The van der Waals surface area contributed by atoms with Crippen LogP contribution in [-0.2, 0) is 17.9 Å². The highest BCUT2D eigenvalue weighted by molar-refractivity contribution is 7.99. The number of benzene rings is 1. The van der Waals surface area contributed by atoms with E-state index in [4.69, 9.17) is 11.6 Å². The largest absolute Gasteiger partial charge is 0.351 e. The van der Waals surface area contributed by atoms with E-state index in [0.717, 1.165) is 23.7 Å². The van der Waals surface area contributed by atoms with E-state index < -0.39 is 0 Å². The number of nitrogens with one attached hydrogen (secondary N) is 1. The van der Waals surface area contributed by atoms with Crippen molar-refractivity contribution < 1.29 is 4.79 Å². The zero-order chi connectivity index (χ0) is 16.5. The Labute approximate surface area is 145 Å². The first-order chi connectivity index (χ1) is 11.2. The second-order valence-corrected chi connectivity index (χ2v) is 6.52. The van der Waals surface area contributed by atoms with Crippen LogP contribution >= 0.6 is 23.4 Å². The number of carbonyl (C=O) groups excluding carboxylic acids is 1. The smallest absolute Gasteiger partial charge is 0.230 e. The Bertz CT molecular complexity index is 632. The standard InChI is InChI=1S/C16H21ClN4OS/c1-2-3-6-9-21-12-19-20-16(21)23-11-15(22)18-10-13-7-4-5-8-14(13)17/h4-5,7-8,12H,2-3,6,9-11H2,1H3,(H,18,22). The Hall–Kier alpha value is -1.53. The van der Waals surface area contributed by atoms with Gasteiger partial charge in [-0.1, -0.05) is 61.3 Å². The zero-order valence-electron chi connectivity index (χ0n) is 13.2. The highest BCUT2D eigenvalue weighted by Gasteiger charge is 2.09. The number of aromatic nitrogens is 3. The Morgan fingerprint density at radius 3 is 2.96 bits per heavy atom. The maximum Gasteiger partial charge on any atom is 0.230 e. The molecule has 0 fully saturated rings. The van der Waals surface area contributed by atoms with Crippen LogP contribution in [0.25, 0.3) is 0 Å². The number of carbonyl (C=O) groups is 1. The predicted octanol–water partition coefficient (Wildman–Crippen LogP) is 3.53. The van der Waals surface area contributed by atoms with E-state index >= 15 is 0 Å². The molecule has 7 heteroatoms. The van der Waals surface area contributed by atoms with E-state index in [1.54, 1.807) is 6.33 Å². The van der Waals surface area contributed by atoms with Crippen molar-refractivity contribution in [3.8, 4) is 0 Å². The normalized spacial score (nSPS) is 10.7. The number of hydrogen-bond acceptors (Lipinski definition) is 4. The Morgan fingerprint density at radius 1 is 1.35 bits per heavy atom. The number of nitrogens with zero attached hydrogens (tertiary/aromatic N) is 3. The fourth-order valence-electron chi connectivity index (χ4n) is 2.06. The molecule has 23 heavy (non-hydrogen) atoms. The minimum absolute atomic E-state index is 0.0435. The van der Waals surface area contributed by atoms with Crippen LogP contribution in [0.5, 0.6) is 0 Å². The quantitative estimate of drug-likeness (QED) is 0.554. The minimum atomic E-state index is -0.0435. The molecule has 0 bridgehead atoms. The summed E-state index contributed by atoms with van der Waals surface area (Å²) in [5.74, 6) is 0.273. The molecule has 0 atom stereocenters. The number of unbranched alkanes of at least 4 members (excludes halogenated alkanes) is 2. The van der Waals surface area contributed by atoms with Crippen LogP contribution in [0.1, 0.15) is 31.7 Å². The number of amides is 1.